The minimum absolute atomic E-state index is 0.383. The zero-order chi connectivity index (χ0) is 20.8. The molecule has 1 saturated heterocycles. The third-order valence-electron chi connectivity index (χ3n) is 5.16. The lowest BCUT2D eigenvalue weighted by Gasteiger charge is -2.22. The number of nitro groups is 1. The third-order valence-corrected chi connectivity index (χ3v) is 5.16. The fraction of sp³-hybridized carbons (Fsp3) is 0.211. The number of rotatable bonds is 4. The van der Waals surface area contributed by atoms with E-state index < -0.39 is 52.0 Å². The van der Waals surface area contributed by atoms with Crippen LogP contribution < -0.4 is 10.6 Å². The number of carbonyl (C=O) groups excluding carboxylic acids is 3. The largest absolute Gasteiger partial charge is 0.325 e. The number of benzene rings is 2. The van der Waals surface area contributed by atoms with Gasteiger partial charge in [0.1, 0.15) is 17.9 Å². The maximum Gasteiger partial charge on any atom is 0.325 e. The Labute approximate surface area is 163 Å². The van der Waals surface area contributed by atoms with Crippen molar-refractivity contribution in [3.05, 3.63) is 69.5 Å². The highest BCUT2D eigenvalue weighted by atomic mass is 19.1. The molecule has 148 valence electrons. The number of hydrogen-bond acceptors (Lipinski definition) is 5. The van der Waals surface area contributed by atoms with E-state index in [1.807, 2.05) is 12.1 Å². The minimum atomic E-state index is -1.20. The summed E-state index contributed by atoms with van der Waals surface area (Å²) < 4.78 is 13.9. The Hall–Kier alpha value is -3.82. The Bertz CT molecular complexity index is 1070. The van der Waals surface area contributed by atoms with Gasteiger partial charge in [-0.25, -0.2) is 9.18 Å². The highest BCUT2D eigenvalue weighted by molar-refractivity contribution is 6.11. The Balaban J connectivity index is 1.53. The molecule has 1 atom stereocenters. The van der Waals surface area contributed by atoms with E-state index in [0.29, 0.717) is 18.4 Å². The van der Waals surface area contributed by atoms with Gasteiger partial charge in [-0.3, -0.25) is 24.6 Å². The van der Waals surface area contributed by atoms with Crippen LogP contribution in [0.2, 0.25) is 0 Å². The van der Waals surface area contributed by atoms with E-state index in [2.05, 4.69) is 10.6 Å². The molecule has 0 bridgehead atoms. The number of amides is 4. The Morgan fingerprint density at radius 3 is 2.79 bits per heavy atom. The van der Waals surface area contributed by atoms with E-state index in [0.717, 1.165) is 28.7 Å². The average molecular weight is 398 g/mol. The molecular formula is C19H15FN4O5. The smallest absolute Gasteiger partial charge is 0.322 e. The predicted molar refractivity (Wildman–Crippen MR) is 98.4 cm³/mol. The summed E-state index contributed by atoms with van der Waals surface area (Å²) in [7, 11) is 0. The fourth-order valence-electron chi connectivity index (χ4n) is 3.79. The van der Waals surface area contributed by atoms with Crippen LogP contribution in [0.25, 0.3) is 0 Å². The van der Waals surface area contributed by atoms with Gasteiger partial charge < -0.3 is 10.6 Å². The molecule has 2 aromatic carbocycles. The summed E-state index contributed by atoms with van der Waals surface area (Å²) in [5.41, 5.74) is -0.363. The van der Waals surface area contributed by atoms with E-state index in [-0.39, 0.29) is 0 Å². The van der Waals surface area contributed by atoms with Crippen LogP contribution in [0.3, 0.4) is 0 Å². The summed E-state index contributed by atoms with van der Waals surface area (Å²) in [4.78, 5) is 48.6. The molecule has 0 aromatic heterocycles. The van der Waals surface area contributed by atoms with Gasteiger partial charge in [0.15, 0.2) is 0 Å². The molecule has 10 heteroatoms. The van der Waals surface area contributed by atoms with Crippen molar-refractivity contribution in [2.45, 2.75) is 18.4 Å². The van der Waals surface area contributed by atoms with Crippen LogP contribution >= 0.6 is 0 Å². The van der Waals surface area contributed by atoms with Gasteiger partial charge in [0, 0.05) is 12.1 Å². The van der Waals surface area contributed by atoms with Crippen LogP contribution in [0.1, 0.15) is 17.5 Å². The maximum absolute atomic E-state index is 13.9. The number of non-ortho nitro benzene ring substituents is 1. The molecule has 0 saturated carbocycles. The van der Waals surface area contributed by atoms with Crippen LogP contribution in [0.4, 0.5) is 20.6 Å². The number of fused-ring (bicyclic) bond motifs is 2. The number of halogens is 1. The zero-order valence-corrected chi connectivity index (χ0v) is 15.0. The number of nitrogens with zero attached hydrogens (tertiary/aromatic N) is 2. The molecule has 1 unspecified atom stereocenters. The number of nitro benzene ring substituents is 1. The normalized spacial score (nSPS) is 20.0. The van der Waals surface area contributed by atoms with Crippen molar-refractivity contribution in [2.75, 3.05) is 11.9 Å². The second-order valence-corrected chi connectivity index (χ2v) is 6.85. The molecule has 2 aromatic rings. The van der Waals surface area contributed by atoms with Gasteiger partial charge in [-0.2, -0.15) is 0 Å². The van der Waals surface area contributed by atoms with Crippen molar-refractivity contribution < 1.29 is 23.7 Å². The first-order chi connectivity index (χ1) is 13.8. The van der Waals surface area contributed by atoms with Crippen molar-refractivity contribution in [1.29, 1.82) is 0 Å². The molecule has 1 heterocycles. The summed E-state index contributed by atoms with van der Waals surface area (Å²) in [6, 6.07) is 9.22. The molecule has 4 rings (SSSR count). The van der Waals surface area contributed by atoms with Gasteiger partial charge >= 0.3 is 6.03 Å². The number of hydrogen-bond donors (Lipinski definition) is 2. The second-order valence-electron chi connectivity index (χ2n) is 6.85. The molecule has 2 aliphatic rings. The summed E-state index contributed by atoms with van der Waals surface area (Å²) in [6.07, 6.45) is 0.996. The second kappa shape index (κ2) is 6.66. The molecule has 2 N–H and O–H groups in total. The van der Waals surface area contributed by atoms with Crippen molar-refractivity contribution >= 4 is 29.2 Å². The maximum atomic E-state index is 13.9. The van der Waals surface area contributed by atoms with Crippen LogP contribution in [0, 0.1) is 15.9 Å². The monoisotopic (exact) mass is 398 g/mol. The van der Waals surface area contributed by atoms with Crippen molar-refractivity contribution in [3.63, 3.8) is 0 Å². The van der Waals surface area contributed by atoms with Crippen LogP contribution in [0.15, 0.2) is 42.5 Å². The van der Waals surface area contributed by atoms with Gasteiger partial charge in [-0.15, -0.1) is 0 Å². The molecule has 29 heavy (non-hydrogen) atoms. The van der Waals surface area contributed by atoms with E-state index >= 15 is 0 Å². The van der Waals surface area contributed by atoms with Crippen LogP contribution in [0.5, 0.6) is 0 Å². The lowest BCUT2D eigenvalue weighted by molar-refractivity contribution is -0.384. The van der Waals surface area contributed by atoms with Crippen molar-refractivity contribution in [2.24, 2.45) is 0 Å². The van der Waals surface area contributed by atoms with Gasteiger partial charge in [0.05, 0.1) is 10.6 Å². The van der Waals surface area contributed by atoms with Crippen molar-refractivity contribution in [1.82, 2.24) is 10.2 Å². The summed E-state index contributed by atoms with van der Waals surface area (Å²) in [5, 5.41) is 15.7. The van der Waals surface area contributed by atoms with Gasteiger partial charge in [-0.1, -0.05) is 24.3 Å². The molecule has 9 nitrogen and oxygen atoms in total. The quantitative estimate of drug-likeness (QED) is 0.464. The summed E-state index contributed by atoms with van der Waals surface area (Å²) in [5.74, 6) is -2.28. The van der Waals surface area contributed by atoms with Gasteiger partial charge in [0.2, 0.25) is 5.91 Å². The van der Waals surface area contributed by atoms with E-state index in [9.17, 15) is 28.9 Å². The van der Waals surface area contributed by atoms with E-state index in [4.69, 9.17) is 0 Å². The van der Waals surface area contributed by atoms with E-state index in [1.165, 1.54) is 0 Å². The highest BCUT2D eigenvalue weighted by Crippen LogP contribution is 2.41. The van der Waals surface area contributed by atoms with Gasteiger partial charge in [0.25, 0.3) is 11.6 Å². The first kappa shape index (κ1) is 18.5. The van der Waals surface area contributed by atoms with Gasteiger partial charge in [-0.05, 0) is 30.0 Å². The third kappa shape index (κ3) is 2.98. The fourth-order valence-corrected chi connectivity index (χ4v) is 3.79. The van der Waals surface area contributed by atoms with Crippen LogP contribution in [-0.2, 0) is 21.5 Å². The topological polar surface area (TPSA) is 122 Å². The summed E-state index contributed by atoms with van der Waals surface area (Å²) in [6.45, 7) is -0.642. The molecule has 0 radical (unpaired) electrons. The molecule has 4 amide bonds. The standard InChI is InChI=1S/C19H15FN4O5/c20-14-6-5-12(24(28)29)9-15(14)21-16(25)10-23-17(26)19(22-18(23)27)8-7-11-3-1-2-4-13(11)19/h1-6,9H,7-8,10H2,(H,21,25)(H,22,27). The number of carbonyl (C=O) groups is 3. The Kier molecular flexibility index (Phi) is 4.26. The Morgan fingerprint density at radius 2 is 2.03 bits per heavy atom. The molecular weight excluding hydrogens is 383 g/mol. The SMILES string of the molecule is O=C(CN1C(=O)NC2(CCc3ccccc32)C1=O)Nc1cc([N+](=O)[O-])ccc1F. The number of anilines is 1. The predicted octanol–water partition coefficient (Wildman–Crippen LogP) is 2.07. The summed E-state index contributed by atoms with van der Waals surface area (Å²) >= 11 is 0. The molecule has 1 spiro atoms. The molecule has 1 aliphatic carbocycles. The zero-order valence-electron chi connectivity index (χ0n) is 15.0. The minimum Gasteiger partial charge on any atom is -0.322 e. The van der Waals surface area contributed by atoms with E-state index in [1.54, 1.807) is 12.1 Å². The highest BCUT2D eigenvalue weighted by Gasteiger charge is 2.55. The first-order valence-corrected chi connectivity index (χ1v) is 8.78. The van der Waals surface area contributed by atoms with Crippen molar-refractivity contribution in [3.8, 4) is 0 Å². The molecule has 1 aliphatic heterocycles. The van der Waals surface area contributed by atoms with Crippen LogP contribution in [-0.4, -0.2) is 34.2 Å². The lowest BCUT2D eigenvalue weighted by Crippen LogP contribution is -2.43. The number of urea groups is 1. The average Bonchev–Trinajstić information content (AvgIpc) is 3.17. The lowest BCUT2D eigenvalue weighted by atomic mass is 9.92. The molecule has 1 fully saturated rings. The number of nitrogens with one attached hydrogen (secondary N) is 2. The Morgan fingerprint density at radius 1 is 1.28 bits per heavy atom. The number of imide groups is 1. The number of aryl methyl sites for hydroxylation is 1. The first-order valence-electron chi connectivity index (χ1n) is 8.78.